The van der Waals surface area contributed by atoms with E-state index < -0.39 is 0 Å². The van der Waals surface area contributed by atoms with Crippen molar-refractivity contribution in [2.24, 2.45) is 41.4 Å². The summed E-state index contributed by atoms with van der Waals surface area (Å²) < 4.78 is 4.81. The van der Waals surface area contributed by atoms with E-state index in [1.54, 1.807) is 6.92 Å². The van der Waals surface area contributed by atoms with Gasteiger partial charge in [0.2, 0.25) is 0 Å². The SMILES string of the molecule is CC(O)C1CC2CC1C(C1C(=O)OC(=O)C1C)C2C. The van der Waals surface area contributed by atoms with Crippen molar-refractivity contribution in [3.05, 3.63) is 0 Å². The standard InChI is InChI=1S/C15H22O4/c1-6-9-4-10(8(3)16)11(5-9)12(6)13-7(2)14(17)19-15(13)18/h6-13,16H,4-5H2,1-3H3. The Balaban J connectivity index is 1.88. The van der Waals surface area contributed by atoms with Crippen LogP contribution in [0.5, 0.6) is 0 Å². The molecule has 8 atom stereocenters. The molecule has 19 heavy (non-hydrogen) atoms. The lowest BCUT2D eigenvalue weighted by Crippen LogP contribution is -2.39. The van der Waals surface area contributed by atoms with Gasteiger partial charge in [-0.05, 0) is 49.4 Å². The second-order valence-electron chi connectivity index (χ2n) is 6.79. The zero-order valence-electron chi connectivity index (χ0n) is 11.7. The molecule has 0 radical (unpaired) electrons. The summed E-state index contributed by atoms with van der Waals surface area (Å²) in [6.45, 7) is 5.83. The molecule has 3 aliphatic rings. The van der Waals surface area contributed by atoms with E-state index in [-0.39, 0.29) is 41.7 Å². The maximum atomic E-state index is 12.0. The van der Waals surface area contributed by atoms with E-state index in [1.807, 2.05) is 6.92 Å². The van der Waals surface area contributed by atoms with Crippen LogP contribution in [0.1, 0.15) is 33.6 Å². The lowest BCUT2D eigenvalue weighted by Gasteiger charge is -2.38. The van der Waals surface area contributed by atoms with Crippen LogP contribution in [-0.2, 0) is 14.3 Å². The summed E-state index contributed by atoms with van der Waals surface area (Å²) in [6, 6.07) is 0. The van der Waals surface area contributed by atoms with Gasteiger partial charge in [-0.3, -0.25) is 9.59 Å². The van der Waals surface area contributed by atoms with Gasteiger partial charge in [0.25, 0.3) is 0 Å². The molecular weight excluding hydrogens is 244 g/mol. The first-order chi connectivity index (χ1) is 8.91. The van der Waals surface area contributed by atoms with Crippen molar-refractivity contribution in [3.63, 3.8) is 0 Å². The number of hydrogen-bond acceptors (Lipinski definition) is 4. The molecule has 1 saturated heterocycles. The quantitative estimate of drug-likeness (QED) is 0.609. The molecule has 1 aliphatic heterocycles. The van der Waals surface area contributed by atoms with Crippen LogP contribution in [-0.4, -0.2) is 23.1 Å². The molecule has 106 valence electrons. The van der Waals surface area contributed by atoms with Crippen molar-refractivity contribution in [3.8, 4) is 0 Å². The van der Waals surface area contributed by atoms with Crippen molar-refractivity contribution in [1.82, 2.24) is 0 Å². The molecule has 8 unspecified atom stereocenters. The molecule has 0 aromatic heterocycles. The number of fused-ring (bicyclic) bond motifs is 2. The Bertz CT molecular complexity index is 416. The number of aliphatic hydroxyl groups excluding tert-OH is 1. The first kappa shape index (κ1) is 13.1. The molecular formula is C15H22O4. The van der Waals surface area contributed by atoms with Gasteiger partial charge < -0.3 is 9.84 Å². The third-order valence-electron chi connectivity index (χ3n) is 5.96. The van der Waals surface area contributed by atoms with Crippen molar-refractivity contribution < 1.29 is 19.4 Å². The monoisotopic (exact) mass is 266 g/mol. The van der Waals surface area contributed by atoms with Crippen LogP contribution in [0.3, 0.4) is 0 Å². The van der Waals surface area contributed by atoms with Crippen LogP contribution < -0.4 is 0 Å². The van der Waals surface area contributed by atoms with Crippen LogP contribution in [0.4, 0.5) is 0 Å². The average Bonchev–Trinajstić information content (AvgIpc) is 2.95. The number of ether oxygens (including phenoxy) is 1. The molecule has 1 heterocycles. The maximum Gasteiger partial charge on any atom is 0.317 e. The predicted molar refractivity (Wildman–Crippen MR) is 67.8 cm³/mol. The number of cyclic esters (lactones) is 2. The topological polar surface area (TPSA) is 63.6 Å². The van der Waals surface area contributed by atoms with Crippen LogP contribution in [0, 0.1) is 41.4 Å². The van der Waals surface area contributed by atoms with Crippen LogP contribution in [0.15, 0.2) is 0 Å². The van der Waals surface area contributed by atoms with Gasteiger partial charge >= 0.3 is 11.9 Å². The normalized spacial score (nSPS) is 50.6. The second kappa shape index (κ2) is 4.30. The molecule has 2 bridgehead atoms. The zero-order valence-corrected chi connectivity index (χ0v) is 11.7. The first-order valence-corrected chi connectivity index (χ1v) is 7.35. The van der Waals surface area contributed by atoms with Crippen molar-refractivity contribution in [1.29, 1.82) is 0 Å². The summed E-state index contributed by atoms with van der Waals surface area (Å²) in [6.07, 6.45) is 1.82. The highest BCUT2D eigenvalue weighted by Crippen LogP contribution is 2.59. The van der Waals surface area contributed by atoms with Crippen LogP contribution >= 0.6 is 0 Å². The van der Waals surface area contributed by atoms with Crippen molar-refractivity contribution in [2.75, 3.05) is 0 Å². The number of rotatable bonds is 2. The minimum atomic E-state index is -0.376. The van der Waals surface area contributed by atoms with Crippen LogP contribution in [0.25, 0.3) is 0 Å². The Morgan fingerprint density at radius 1 is 1.21 bits per heavy atom. The zero-order chi connectivity index (χ0) is 13.9. The molecule has 0 aromatic rings. The number of aliphatic hydroxyl groups is 1. The molecule has 0 aromatic carbocycles. The third kappa shape index (κ3) is 1.76. The third-order valence-corrected chi connectivity index (χ3v) is 5.96. The van der Waals surface area contributed by atoms with Gasteiger partial charge in [-0.2, -0.15) is 0 Å². The Kier molecular flexibility index (Phi) is 2.97. The van der Waals surface area contributed by atoms with E-state index in [0.717, 1.165) is 12.8 Å². The molecule has 2 aliphatic carbocycles. The van der Waals surface area contributed by atoms with Gasteiger partial charge in [-0.25, -0.2) is 0 Å². The van der Waals surface area contributed by atoms with E-state index in [2.05, 4.69) is 6.92 Å². The first-order valence-electron chi connectivity index (χ1n) is 7.35. The molecule has 2 saturated carbocycles. The molecule has 4 nitrogen and oxygen atoms in total. The largest absolute Gasteiger partial charge is 0.393 e. The fraction of sp³-hybridized carbons (Fsp3) is 0.867. The molecule has 3 rings (SSSR count). The van der Waals surface area contributed by atoms with E-state index >= 15 is 0 Å². The number of hydrogen-bond donors (Lipinski definition) is 1. The van der Waals surface area contributed by atoms with E-state index in [0.29, 0.717) is 17.8 Å². The van der Waals surface area contributed by atoms with E-state index in [1.165, 1.54) is 0 Å². The summed E-state index contributed by atoms with van der Waals surface area (Å²) in [7, 11) is 0. The van der Waals surface area contributed by atoms with Gasteiger partial charge in [0, 0.05) is 0 Å². The molecule has 3 fully saturated rings. The van der Waals surface area contributed by atoms with Gasteiger partial charge in [0.15, 0.2) is 0 Å². The summed E-state index contributed by atoms with van der Waals surface area (Å²) in [4.78, 5) is 23.6. The lowest BCUT2D eigenvalue weighted by molar-refractivity contribution is -0.154. The minimum absolute atomic E-state index is 0.201. The van der Waals surface area contributed by atoms with Crippen molar-refractivity contribution in [2.45, 2.75) is 39.7 Å². The summed E-state index contributed by atoms with van der Waals surface area (Å²) in [5, 5.41) is 9.92. The number of carbonyl (C=O) groups excluding carboxylic acids is 2. The van der Waals surface area contributed by atoms with E-state index in [9.17, 15) is 14.7 Å². The molecule has 0 spiro atoms. The highest BCUT2D eigenvalue weighted by atomic mass is 16.6. The van der Waals surface area contributed by atoms with Gasteiger partial charge in [0.1, 0.15) is 0 Å². The van der Waals surface area contributed by atoms with Gasteiger partial charge in [-0.15, -0.1) is 0 Å². The molecule has 0 amide bonds. The Morgan fingerprint density at radius 3 is 2.37 bits per heavy atom. The number of esters is 2. The molecule has 4 heteroatoms. The van der Waals surface area contributed by atoms with Gasteiger partial charge in [0.05, 0.1) is 17.9 Å². The summed E-state index contributed by atoms with van der Waals surface area (Å²) >= 11 is 0. The number of carbonyl (C=O) groups is 2. The highest BCUT2D eigenvalue weighted by molar-refractivity contribution is 5.96. The van der Waals surface area contributed by atoms with Crippen molar-refractivity contribution >= 4 is 11.9 Å². The average molecular weight is 266 g/mol. The molecule has 1 N–H and O–H groups in total. The fourth-order valence-corrected chi connectivity index (χ4v) is 4.97. The Hall–Kier alpha value is -0.900. The fourth-order valence-electron chi connectivity index (χ4n) is 4.97. The Morgan fingerprint density at radius 2 is 1.89 bits per heavy atom. The lowest BCUT2D eigenvalue weighted by atomic mass is 9.65. The predicted octanol–water partition coefficient (Wildman–Crippen LogP) is 1.61. The van der Waals surface area contributed by atoms with E-state index in [4.69, 9.17) is 4.74 Å². The van der Waals surface area contributed by atoms with Gasteiger partial charge in [-0.1, -0.05) is 13.8 Å². The summed E-state index contributed by atoms with van der Waals surface area (Å²) in [5.74, 6) is 0.550. The highest BCUT2D eigenvalue weighted by Gasteiger charge is 2.59. The summed E-state index contributed by atoms with van der Waals surface area (Å²) in [5.41, 5.74) is 0. The minimum Gasteiger partial charge on any atom is -0.393 e. The smallest absolute Gasteiger partial charge is 0.317 e. The Labute approximate surface area is 113 Å². The maximum absolute atomic E-state index is 12.0. The second-order valence-corrected chi connectivity index (χ2v) is 6.79. The van der Waals surface area contributed by atoms with Crippen LogP contribution in [0.2, 0.25) is 0 Å².